The van der Waals surface area contributed by atoms with Gasteiger partial charge in [0, 0.05) is 35.8 Å². The molecule has 0 aliphatic carbocycles. The maximum absolute atomic E-state index is 12.9. The molecule has 1 aliphatic heterocycles. The summed E-state index contributed by atoms with van der Waals surface area (Å²) in [6.07, 6.45) is 4.71. The lowest BCUT2D eigenvalue weighted by Crippen LogP contribution is -2.31. The molecule has 11 heteroatoms. The van der Waals surface area contributed by atoms with Gasteiger partial charge in [0.2, 0.25) is 0 Å². The van der Waals surface area contributed by atoms with Gasteiger partial charge in [0.15, 0.2) is 5.88 Å². The zero-order valence-electron chi connectivity index (χ0n) is 22.0. The molecule has 40 heavy (non-hydrogen) atoms. The third-order valence-electron chi connectivity index (χ3n) is 7.49. The normalized spacial score (nSPS) is 15.6. The molecular weight excluding hydrogens is 576 g/mol. The molecule has 0 spiro atoms. The van der Waals surface area contributed by atoms with Gasteiger partial charge in [-0.05, 0) is 79.2 Å². The zero-order chi connectivity index (χ0) is 27.8. The highest BCUT2D eigenvalue weighted by Crippen LogP contribution is 2.36. The number of aliphatic hydroxyl groups excluding tert-OH is 1. The van der Waals surface area contributed by atoms with Crippen LogP contribution in [0.4, 0.5) is 5.69 Å². The Morgan fingerprint density at radius 2 is 2.02 bits per heavy atom. The Morgan fingerprint density at radius 3 is 2.83 bits per heavy atom. The fraction of sp³-hybridized carbons (Fsp3) is 0.310. The van der Waals surface area contributed by atoms with E-state index in [4.69, 9.17) is 9.72 Å². The number of para-hydroxylation sites is 1. The van der Waals surface area contributed by atoms with Crippen molar-refractivity contribution in [1.29, 1.82) is 0 Å². The maximum atomic E-state index is 12.9. The molecule has 5 N–H and O–H groups in total. The van der Waals surface area contributed by atoms with Gasteiger partial charge >= 0.3 is 0 Å². The molecule has 6 rings (SSSR count). The number of likely N-dealkylation sites (tertiary alicyclic amines) is 1. The molecular formula is C29H31BrN6O4. The lowest BCUT2D eigenvalue weighted by atomic mass is 10.1. The van der Waals surface area contributed by atoms with Crippen LogP contribution in [-0.4, -0.2) is 74.0 Å². The predicted molar refractivity (Wildman–Crippen MR) is 159 cm³/mol. The van der Waals surface area contributed by atoms with E-state index in [0.29, 0.717) is 28.3 Å². The van der Waals surface area contributed by atoms with Crippen molar-refractivity contribution in [2.45, 2.75) is 25.0 Å². The van der Waals surface area contributed by atoms with Gasteiger partial charge in [-0.25, -0.2) is 4.98 Å². The summed E-state index contributed by atoms with van der Waals surface area (Å²) >= 11 is 3.43. The fourth-order valence-electron chi connectivity index (χ4n) is 5.29. The van der Waals surface area contributed by atoms with E-state index in [-0.39, 0.29) is 30.6 Å². The SMILES string of the molecule is CN1CCC(n2cc3cc4[nH]c(-c5c(NC[C@@H](O)COc6ccccc6Br)cc[nH]c5=O)nc4cc3c2O)CC1. The molecule has 208 valence electrons. The minimum absolute atomic E-state index is 0.0788. The number of fused-ring (bicyclic) bond motifs is 2. The van der Waals surface area contributed by atoms with Crippen LogP contribution in [-0.2, 0) is 0 Å². The first-order valence-corrected chi connectivity index (χ1v) is 14.1. The van der Waals surface area contributed by atoms with Crippen LogP contribution in [0.5, 0.6) is 11.6 Å². The van der Waals surface area contributed by atoms with Gasteiger partial charge in [0.05, 0.1) is 21.2 Å². The Morgan fingerprint density at radius 1 is 1.23 bits per heavy atom. The summed E-state index contributed by atoms with van der Waals surface area (Å²) in [6.45, 7) is 2.25. The van der Waals surface area contributed by atoms with E-state index in [1.165, 1.54) is 0 Å². The zero-order valence-corrected chi connectivity index (χ0v) is 23.6. The number of hydrogen-bond donors (Lipinski definition) is 5. The Balaban J connectivity index is 1.23. The third kappa shape index (κ3) is 5.19. The number of piperidine rings is 1. The van der Waals surface area contributed by atoms with Crippen LogP contribution in [0.3, 0.4) is 0 Å². The second kappa shape index (κ2) is 11.0. The number of benzene rings is 2. The van der Waals surface area contributed by atoms with Crippen molar-refractivity contribution in [1.82, 2.24) is 24.4 Å². The number of nitrogens with one attached hydrogen (secondary N) is 3. The van der Waals surface area contributed by atoms with E-state index in [2.05, 4.69) is 43.2 Å². The summed E-state index contributed by atoms with van der Waals surface area (Å²) in [6, 6.07) is 13.2. The lowest BCUT2D eigenvalue weighted by Gasteiger charge is -2.30. The van der Waals surface area contributed by atoms with Crippen molar-refractivity contribution in [3.63, 3.8) is 0 Å². The second-order valence-corrected chi connectivity index (χ2v) is 11.2. The van der Waals surface area contributed by atoms with Crippen molar-refractivity contribution in [3.05, 3.63) is 69.7 Å². The van der Waals surface area contributed by atoms with Crippen molar-refractivity contribution >= 4 is 43.4 Å². The predicted octanol–water partition coefficient (Wildman–Crippen LogP) is 4.46. The number of anilines is 1. The van der Waals surface area contributed by atoms with Gasteiger partial charge in [-0.2, -0.15) is 0 Å². The lowest BCUT2D eigenvalue weighted by molar-refractivity contribution is 0.117. The first-order chi connectivity index (χ1) is 19.4. The Bertz CT molecular complexity index is 1720. The molecule has 0 saturated carbocycles. The molecule has 2 aromatic carbocycles. The Kier molecular flexibility index (Phi) is 7.26. The van der Waals surface area contributed by atoms with Crippen molar-refractivity contribution in [3.8, 4) is 23.0 Å². The summed E-state index contributed by atoms with van der Waals surface area (Å²) in [4.78, 5) is 25.9. The van der Waals surface area contributed by atoms with Crippen LogP contribution in [0.2, 0.25) is 0 Å². The molecule has 0 amide bonds. The van der Waals surface area contributed by atoms with E-state index in [0.717, 1.165) is 46.7 Å². The molecule has 1 saturated heterocycles. The highest BCUT2D eigenvalue weighted by atomic mass is 79.9. The second-order valence-electron chi connectivity index (χ2n) is 10.3. The number of rotatable bonds is 8. The molecule has 5 aromatic rings. The number of ether oxygens (including phenoxy) is 1. The van der Waals surface area contributed by atoms with Gasteiger partial charge in [0.25, 0.3) is 5.56 Å². The van der Waals surface area contributed by atoms with Crippen LogP contribution < -0.4 is 15.6 Å². The van der Waals surface area contributed by atoms with Crippen molar-refractivity contribution in [2.75, 3.05) is 38.6 Å². The molecule has 0 unspecified atom stereocenters. The number of aliphatic hydroxyl groups is 1. The number of H-pyrrole nitrogens is 2. The molecule has 1 aliphatic rings. The highest BCUT2D eigenvalue weighted by Gasteiger charge is 2.23. The summed E-state index contributed by atoms with van der Waals surface area (Å²) in [7, 11) is 2.12. The monoisotopic (exact) mass is 606 g/mol. The van der Waals surface area contributed by atoms with Crippen LogP contribution in [0.15, 0.2) is 64.1 Å². The minimum atomic E-state index is -0.820. The quantitative estimate of drug-likeness (QED) is 0.176. The number of aromatic hydroxyl groups is 1. The summed E-state index contributed by atoms with van der Waals surface area (Å²) in [5.74, 6) is 1.28. The smallest absolute Gasteiger partial charge is 0.261 e. The minimum Gasteiger partial charge on any atom is -0.494 e. The Labute approximate surface area is 238 Å². The van der Waals surface area contributed by atoms with E-state index in [1.807, 2.05) is 47.2 Å². The molecule has 0 bridgehead atoms. The maximum Gasteiger partial charge on any atom is 0.261 e. The van der Waals surface area contributed by atoms with E-state index in [9.17, 15) is 15.0 Å². The Hall–Kier alpha value is -3.80. The van der Waals surface area contributed by atoms with Crippen LogP contribution in [0.25, 0.3) is 33.2 Å². The fourth-order valence-corrected chi connectivity index (χ4v) is 5.69. The van der Waals surface area contributed by atoms with Gasteiger partial charge in [0.1, 0.15) is 29.8 Å². The number of imidazole rings is 1. The standard InChI is InChI=1S/C29H31BrN6O4/c1-35-10-7-18(8-11-35)36-15-17-12-23-24(13-20(17)29(36)39)34-27(33-23)26-22(6-9-31-28(26)38)32-14-19(37)16-40-25-5-3-2-4-21(25)30/h2-6,9,12-13,15,18-19,37,39H,7-8,10-11,14,16H2,1H3,(H,33,34)(H2,31,32,38)/t19-/m1/s1. The van der Waals surface area contributed by atoms with Gasteiger partial charge in [-0.3, -0.25) is 4.79 Å². The number of nitrogens with zero attached hydrogens (tertiary/aromatic N) is 3. The first-order valence-electron chi connectivity index (χ1n) is 13.3. The van der Waals surface area contributed by atoms with Gasteiger partial charge in [-0.1, -0.05) is 12.1 Å². The average molecular weight is 608 g/mol. The van der Waals surface area contributed by atoms with Crippen LogP contribution in [0.1, 0.15) is 18.9 Å². The molecule has 0 radical (unpaired) electrons. The topological polar surface area (TPSA) is 131 Å². The molecule has 1 fully saturated rings. The highest BCUT2D eigenvalue weighted by molar-refractivity contribution is 9.10. The number of pyridine rings is 1. The number of halogens is 1. The number of hydrogen-bond acceptors (Lipinski definition) is 7. The van der Waals surface area contributed by atoms with Crippen molar-refractivity contribution in [2.24, 2.45) is 0 Å². The summed E-state index contributed by atoms with van der Waals surface area (Å²) < 4.78 is 8.49. The molecule has 1 atom stereocenters. The summed E-state index contributed by atoms with van der Waals surface area (Å²) in [5.41, 5.74) is 1.96. The van der Waals surface area contributed by atoms with Crippen LogP contribution in [0, 0.1) is 0 Å². The van der Waals surface area contributed by atoms with Crippen molar-refractivity contribution < 1.29 is 14.9 Å². The largest absolute Gasteiger partial charge is 0.494 e. The first kappa shape index (κ1) is 26.4. The molecule has 3 aromatic heterocycles. The van der Waals surface area contributed by atoms with Gasteiger partial charge < -0.3 is 39.7 Å². The average Bonchev–Trinajstić information content (AvgIpc) is 3.50. The van der Waals surface area contributed by atoms with Crippen LogP contribution >= 0.6 is 15.9 Å². The molecule has 4 heterocycles. The number of aromatic nitrogens is 4. The summed E-state index contributed by atoms with van der Waals surface area (Å²) in [5, 5.41) is 26.4. The molecule has 10 nitrogen and oxygen atoms in total. The van der Waals surface area contributed by atoms with E-state index < -0.39 is 6.10 Å². The van der Waals surface area contributed by atoms with E-state index >= 15 is 0 Å². The van der Waals surface area contributed by atoms with Gasteiger partial charge in [-0.15, -0.1) is 0 Å². The third-order valence-corrected chi connectivity index (χ3v) is 8.15. The number of aromatic amines is 2. The van der Waals surface area contributed by atoms with E-state index in [1.54, 1.807) is 12.3 Å².